The van der Waals surface area contributed by atoms with Crippen LogP contribution in [0.15, 0.2) is 35.0 Å². The van der Waals surface area contributed by atoms with E-state index in [4.69, 9.17) is 4.42 Å². The minimum atomic E-state index is -0.420. The fourth-order valence-electron chi connectivity index (χ4n) is 3.29. The number of furan rings is 1. The van der Waals surface area contributed by atoms with Crippen LogP contribution in [-0.4, -0.2) is 39.0 Å². The number of aromatic nitrogens is 2. The minimum Gasteiger partial charge on any atom is -0.465 e. The molecular weight excluding hydrogens is 278 g/mol. The first-order valence-electron chi connectivity index (χ1n) is 8.18. The second kappa shape index (κ2) is 7.11. The van der Waals surface area contributed by atoms with Crippen LogP contribution in [0.25, 0.3) is 0 Å². The molecule has 5 nitrogen and oxygen atoms in total. The third kappa shape index (κ3) is 3.78. The Morgan fingerprint density at radius 1 is 1.32 bits per heavy atom. The van der Waals surface area contributed by atoms with Gasteiger partial charge in [-0.1, -0.05) is 12.8 Å². The zero-order valence-corrected chi connectivity index (χ0v) is 13.2. The van der Waals surface area contributed by atoms with Gasteiger partial charge in [-0.2, -0.15) is 5.10 Å². The van der Waals surface area contributed by atoms with Gasteiger partial charge in [-0.15, -0.1) is 0 Å². The highest BCUT2D eigenvalue weighted by Crippen LogP contribution is 2.31. The third-order valence-corrected chi connectivity index (χ3v) is 4.36. The lowest BCUT2D eigenvalue weighted by Crippen LogP contribution is -2.37. The number of hydrogen-bond donors (Lipinski definition) is 1. The first-order valence-corrected chi connectivity index (χ1v) is 8.18. The molecule has 0 aromatic carbocycles. The van der Waals surface area contributed by atoms with Gasteiger partial charge in [0.05, 0.1) is 18.7 Å². The van der Waals surface area contributed by atoms with E-state index in [0.717, 1.165) is 24.5 Å². The molecule has 22 heavy (non-hydrogen) atoms. The molecule has 0 saturated carbocycles. The van der Waals surface area contributed by atoms with Crippen molar-refractivity contribution in [3.63, 3.8) is 0 Å². The van der Waals surface area contributed by atoms with E-state index >= 15 is 0 Å². The molecule has 0 bridgehead atoms. The molecule has 2 aromatic heterocycles. The van der Waals surface area contributed by atoms with Gasteiger partial charge in [0.1, 0.15) is 11.5 Å². The van der Waals surface area contributed by atoms with Gasteiger partial charge in [0.15, 0.2) is 0 Å². The number of aliphatic hydroxyl groups is 1. The quantitative estimate of drug-likeness (QED) is 0.923. The maximum Gasteiger partial charge on any atom is 0.121 e. The Bertz CT molecular complexity index is 564. The molecule has 1 fully saturated rings. The summed E-state index contributed by atoms with van der Waals surface area (Å²) in [6.45, 7) is 4.19. The van der Waals surface area contributed by atoms with Gasteiger partial charge in [-0.3, -0.25) is 9.58 Å². The normalized spacial score (nSPS) is 21.6. The number of nitrogens with zero attached hydrogens (tertiary/aromatic N) is 3. The van der Waals surface area contributed by atoms with Crippen LogP contribution in [0.2, 0.25) is 0 Å². The smallest absolute Gasteiger partial charge is 0.121 e. The van der Waals surface area contributed by atoms with Crippen LogP contribution < -0.4 is 0 Å². The molecule has 2 atom stereocenters. The summed E-state index contributed by atoms with van der Waals surface area (Å²) in [6, 6.07) is 6.27. The number of likely N-dealkylation sites (tertiary alicyclic amines) is 1. The van der Waals surface area contributed by atoms with E-state index in [0.29, 0.717) is 13.1 Å². The van der Waals surface area contributed by atoms with Crippen LogP contribution in [0.5, 0.6) is 0 Å². The average molecular weight is 303 g/mol. The Kier molecular flexibility index (Phi) is 4.95. The fourth-order valence-corrected chi connectivity index (χ4v) is 3.29. The summed E-state index contributed by atoms with van der Waals surface area (Å²) in [5.41, 5.74) is 0. The van der Waals surface area contributed by atoms with Crippen LogP contribution in [0.4, 0.5) is 0 Å². The first kappa shape index (κ1) is 15.3. The van der Waals surface area contributed by atoms with Crippen LogP contribution in [0.3, 0.4) is 0 Å². The van der Waals surface area contributed by atoms with Crippen molar-refractivity contribution in [3.8, 4) is 0 Å². The highest BCUT2D eigenvalue weighted by molar-refractivity contribution is 5.10. The summed E-state index contributed by atoms with van der Waals surface area (Å²) in [4.78, 5) is 2.37. The van der Waals surface area contributed by atoms with Gasteiger partial charge >= 0.3 is 0 Å². The Balaban J connectivity index is 1.67. The van der Waals surface area contributed by atoms with Gasteiger partial charge in [-0.05, 0) is 44.5 Å². The second-order valence-corrected chi connectivity index (χ2v) is 6.19. The van der Waals surface area contributed by atoms with Crippen molar-refractivity contribution in [2.45, 2.75) is 51.3 Å². The minimum absolute atomic E-state index is 0.281. The van der Waals surface area contributed by atoms with Crippen molar-refractivity contribution >= 4 is 0 Å². The highest BCUT2D eigenvalue weighted by Gasteiger charge is 2.26. The molecule has 5 heteroatoms. The first-order chi connectivity index (χ1) is 10.7. The number of aryl methyl sites for hydroxylation is 1. The van der Waals surface area contributed by atoms with Gasteiger partial charge in [0, 0.05) is 18.9 Å². The van der Waals surface area contributed by atoms with Crippen LogP contribution >= 0.6 is 0 Å². The van der Waals surface area contributed by atoms with Crippen LogP contribution in [0.1, 0.15) is 43.2 Å². The summed E-state index contributed by atoms with van der Waals surface area (Å²) in [7, 11) is 0. The predicted octanol–water partition coefficient (Wildman–Crippen LogP) is 2.76. The van der Waals surface area contributed by atoms with E-state index in [9.17, 15) is 5.11 Å². The van der Waals surface area contributed by atoms with Gasteiger partial charge < -0.3 is 9.52 Å². The number of β-amino-alcohol motifs (C(OH)–C–C–N with tert-alkyl or cyclic N) is 1. The second-order valence-electron chi connectivity index (χ2n) is 6.19. The molecule has 3 heterocycles. The van der Waals surface area contributed by atoms with Crippen LogP contribution in [0, 0.1) is 6.92 Å². The van der Waals surface area contributed by atoms with Gasteiger partial charge in [-0.25, -0.2) is 0 Å². The molecule has 0 spiro atoms. The lowest BCUT2D eigenvalue weighted by molar-refractivity contribution is 0.0677. The molecule has 1 aliphatic rings. The van der Waals surface area contributed by atoms with Gasteiger partial charge in [0.2, 0.25) is 0 Å². The molecule has 120 valence electrons. The predicted molar refractivity (Wildman–Crippen MR) is 84.5 cm³/mol. The molecule has 1 N–H and O–H groups in total. The lowest BCUT2D eigenvalue weighted by atomic mass is 10.1. The number of aliphatic hydroxyl groups excluding tert-OH is 1. The standard InChI is InChI=1S/C17H25N3O2/c1-14-7-8-17(22-14)16-6-3-2-4-10-19(16)12-15(21)13-20-11-5-9-18-20/h5,7-9,11,15-16,21H,2-4,6,10,12-13H2,1H3. The third-order valence-electron chi connectivity index (χ3n) is 4.36. The van der Waals surface area contributed by atoms with Gasteiger partial charge in [0.25, 0.3) is 0 Å². The van der Waals surface area contributed by atoms with E-state index in [1.165, 1.54) is 19.3 Å². The zero-order chi connectivity index (χ0) is 15.4. The number of hydrogen-bond acceptors (Lipinski definition) is 4. The average Bonchev–Trinajstić information content (AvgIpc) is 3.08. The molecule has 0 aliphatic carbocycles. The SMILES string of the molecule is Cc1ccc(C2CCCCCN2CC(O)Cn2cccn2)o1. The Morgan fingerprint density at radius 3 is 2.95 bits per heavy atom. The van der Waals surface area contributed by atoms with Crippen LogP contribution in [-0.2, 0) is 6.54 Å². The van der Waals surface area contributed by atoms with Crippen molar-refractivity contribution in [1.29, 1.82) is 0 Å². The van der Waals surface area contributed by atoms with E-state index in [-0.39, 0.29) is 6.04 Å². The largest absolute Gasteiger partial charge is 0.465 e. The lowest BCUT2D eigenvalue weighted by Gasteiger charge is -2.30. The van der Waals surface area contributed by atoms with Crippen molar-refractivity contribution in [2.24, 2.45) is 0 Å². The molecule has 2 aromatic rings. The van der Waals surface area contributed by atoms with Crippen molar-refractivity contribution in [3.05, 3.63) is 42.1 Å². The zero-order valence-electron chi connectivity index (χ0n) is 13.2. The molecule has 0 radical (unpaired) electrons. The van der Waals surface area contributed by atoms with Crippen molar-refractivity contribution in [2.75, 3.05) is 13.1 Å². The summed E-state index contributed by atoms with van der Waals surface area (Å²) in [6.07, 6.45) is 7.97. The van der Waals surface area contributed by atoms with E-state index in [2.05, 4.69) is 16.1 Å². The summed E-state index contributed by atoms with van der Waals surface area (Å²) in [5.74, 6) is 1.99. The van der Waals surface area contributed by atoms with E-state index in [1.807, 2.05) is 25.3 Å². The molecule has 1 saturated heterocycles. The monoisotopic (exact) mass is 303 g/mol. The Morgan fingerprint density at radius 2 is 2.23 bits per heavy atom. The maximum absolute atomic E-state index is 10.4. The molecule has 2 unspecified atom stereocenters. The maximum atomic E-state index is 10.4. The van der Waals surface area contributed by atoms with E-state index in [1.54, 1.807) is 10.9 Å². The fraction of sp³-hybridized carbons (Fsp3) is 0.588. The number of rotatable bonds is 5. The molecular formula is C17H25N3O2. The molecule has 0 amide bonds. The topological polar surface area (TPSA) is 54.4 Å². The molecule has 3 rings (SSSR count). The van der Waals surface area contributed by atoms with Crippen molar-refractivity contribution < 1.29 is 9.52 Å². The van der Waals surface area contributed by atoms with E-state index < -0.39 is 6.10 Å². The summed E-state index contributed by atoms with van der Waals surface area (Å²) < 4.78 is 7.64. The summed E-state index contributed by atoms with van der Waals surface area (Å²) in [5, 5.41) is 14.6. The molecule has 1 aliphatic heterocycles. The summed E-state index contributed by atoms with van der Waals surface area (Å²) >= 11 is 0. The Hall–Kier alpha value is -1.59. The highest BCUT2D eigenvalue weighted by atomic mass is 16.3. The Labute approximate surface area is 131 Å². The van der Waals surface area contributed by atoms with Crippen molar-refractivity contribution in [1.82, 2.24) is 14.7 Å².